The molecule has 0 unspecified atom stereocenters. The van der Waals surface area contributed by atoms with Crippen molar-refractivity contribution in [2.75, 3.05) is 26.6 Å². The highest BCUT2D eigenvalue weighted by atomic mass is 16.5. The van der Waals surface area contributed by atoms with Crippen molar-refractivity contribution in [1.29, 1.82) is 0 Å². The lowest BCUT2D eigenvalue weighted by Crippen LogP contribution is -2.12. The summed E-state index contributed by atoms with van der Waals surface area (Å²) >= 11 is 0. The van der Waals surface area contributed by atoms with Gasteiger partial charge in [0, 0.05) is 24.6 Å². The summed E-state index contributed by atoms with van der Waals surface area (Å²) in [6, 6.07) is 5.42. The van der Waals surface area contributed by atoms with Crippen LogP contribution in [0.15, 0.2) is 24.3 Å². The van der Waals surface area contributed by atoms with Crippen LogP contribution in [-0.2, 0) is 17.3 Å². The fourth-order valence-electron chi connectivity index (χ4n) is 2.49. The molecule has 0 bridgehead atoms. The SMILES string of the molecule is COc1cc(C=CC(=O)Nc2cc(C(C)(C)C)nn2C)cc(OC)c1OC. The highest BCUT2D eigenvalue weighted by molar-refractivity contribution is 6.01. The number of aromatic nitrogens is 2. The van der Waals surface area contributed by atoms with Gasteiger partial charge in [-0.25, -0.2) is 0 Å². The zero-order valence-corrected chi connectivity index (χ0v) is 16.9. The first-order valence-electron chi connectivity index (χ1n) is 8.53. The van der Waals surface area contributed by atoms with Gasteiger partial charge < -0.3 is 19.5 Å². The molecule has 7 heteroatoms. The van der Waals surface area contributed by atoms with Gasteiger partial charge in [-0.1, -0.05) is 20.8 Å². The average molecular weight is 373 g/mol. The minimum Gasteiger partial charge on any atom is -0.493 e. The molecule has 0 fully saturated rings. The average Bonchev–Trinajstić information content (AvgIpc) is 2.99. The van der Waals surface area contributed by atoms with Gasteiger partial charge in [0.15, 0.2) is 11.5 Å². The molecular formula is C20H27N3O4. The zero-order valence-electron chi connectivity index (χ0n) is 16.9. The van der Waals surface area contributed by atoms with E-state index in [-0.39, 0.29) is 11.3 Å². The molecule has 0 aliphatic rings. The number of amides is 1. The minimum atomic E-state index is -0.257. The fraction of sp³-hybridized carbons (Fsp3) is 0.400. The summed E-state index contributed by atoms with van der Waals surface area (Å²) in [6.07, 6.45) is 3.13. The smallest absolute Gasteiger partial charge is 0.249 e. The molecule has 2 rings (SSSR count). The number of ether oxygens (including phenoxy) is 3. The van der Waals surface area contributed by atoms with E-state index in [1.54, 1.807) is 51.3 Å². The second-order valence-corrected chi connectivity index (χ2v) is 7.07. The molecule has 27 heavy (non-hydrogen) atoms. The number of benzene rings is 1. The number of aryl methyl sites for hydroxylation is 1. The predicted molar refractivity (Wildman–Crippen MR) is 106 cm³/mol. The summed E-state index contributed by atoms with van der Waals surface area (Å²) < 4.78 is 17.6. The Balaban J connectivity index is 2.19. The highest BCUT2D eigenvalue weighted by Crippen LogP contribution is 2.38. The molecule has 146 valence electrons. The Kier molecular flexibility index (Phi) is 6.15. The van der Waals surface area contributed by atoms with Gasteiger partial charge in [0.05, 0.1) is 27.0 Å². The lowest BCUT2D eigenvalue weighted by molar-refractivity contribution is -0.111. The standard InChI is InChI=1S/C20H27N3O4/c1-20(2,3)16-12-17(23(4)22-16)21-18(24)9-8-13-10-14(25-5)19(27-7)15(11-13)26-6/h8-12H,1-7H3,(H,21,24). The Labute approximate surface area is 159 Å². The Bertz CT molecular complexity index is 822. The van der Waals surface area contributed by atoms with E-state index in [1.807, 2.05) is 6.07 Å². The third-order valence-corrected chi connectivity index (χ3v) is 4.01. The second-order valence-electron chi connectivity index (χ2n) is 7.07. The second kappa shape index (κ2) is 8.16. The Morgan fingerprint density at radius 1 is 1.07 bits per heavy atom. The van der Waals surface area contributed by atoms with Crippen molar-refractivity contribution in [2.45, 2.75) is 26.2 Å². The lowest BCUT2D eigenvalue weighted by atomic mass is 9.92. The summed E-state index contributed by atoms with van der Waals surface area (Å²) in [4.78, 5) is 12.3. The first-order chi connectivity index (χ1) is 12.7. The van der Waals surface area contributed by atoms with E-state index in [0.717, 1.165) is 11.3 Å². The maximum absolute atomic E-state index is 12.3. The number of nitrogens with one attached hydrogen (secondary N) is 1. The van der Waals surface area contributed by atoms with Crippen molar-refractivity contribution >= 4 is 17.8 Å². The number of carbonyl (C=O) groups is 1. The van der Waals surface area contributed by atoms with Crippen molar-refractivity contribution in [1.82, 2.24) is 9.78 Å². The molecule has 0 aliphatic carbocycles. The largest absolute Gasteiger partial charge is 0.493 e. The first-order valence-corrected chi connectivity index (χ1v) is 8.53. The third-order valence-electron chi connectivity index (χ3n) is 4.01. The van der Waals surface area contributed by atoms with Crippen LogP contribution in [0.25, 0.3) is 6.08 Å². The number of methoxy groups -OCH3 is 3. The van der Waals surface area contributed by atoms with Gasteiger partial charge in [0.25, 0.3) is 0 Å². The van der Waals surface area contributed by atoms with Crippen LogP contribution in [0.4, 0.5) is 5.82 Å². The Morgan fingerprint density at radius 3 is 2.11 bits per heavy atom. The molecule has 1 aromatic heterocycles. The highest BCUT2D eigenvalue weighted by Gasteiger charge is 2.19. The summed E-state index contributed by atoms with van der Waals surface area (Å²) in [7, 11) is 6.44. The number of anilines is 1. The molecule has 0 saturated heterocycles. The van der Waals surface area contributed by atoms with E-state index in [4.69, 9.17) is 14.2 Å². The number of hydrogen-bond acceptors (Lipinski definition) is 5. The van der Waals surface area contributed by atoms with Crippen molar-refractivity contribution in [2.24, 2.45) is 7.05 Å². The van der Waals surface area contributed by atoms with Crippen LogP contribution in [0.1, 0.15) is 32.0 Å². The molecule has 1 heterocycles. The van der Waals surface area contributed by atoms with Gasteiger partial charge in [0.2, 0.25) is 11.7 Å². The van der Waals surface area contributed by atoms with Gasteiger partial charge in [-0.2, -0.15) is 5.10 Å². The van der Waals surface area contributed by atoms with E-state index in [0.29, 0.717) is 23.1 Å². The maximum Gasteiger partial charge on any atom is 0.249 e. The molecule has 1 amide bonds. The van der Waals surface area contributed by atoms with Gasteiger partial charge in [0.1, 0.15) is 5.82 Å². The number of nitrogens with zero attached hydrogens (tertiary/aromatic N) is 2. The molecular weight excluding hydrogens is 346 g/mol. The summed E-state index contributed by atoms with van der Waals surface area (Å²) in [6.45, 7) is 6.22. The Hall–Kier alpha value is -2.96. The molecule has 0 saturated carbocycles. The van der Waals surface area contributed by atoms with E-state index in [1.165, 1.54) is 6.08 Å². The fourth-order valence-corrected chi connectivity index (χ4v) is 2.49. The van der Waals surface area contributed by atoms with Crippen molar-refractivity contribution in [3.63, 3.8) is 0 Å². The summed E-state index contributed by atoms with van der Waals surface area (Å²) in [5.41, 5.74) is 1.57. The van der Waals surface area contributed by atoms with Gasteiger partial charge in [-0.15, -0.1) is 0 Å². The van der Waals surface area contributed by atoms with Crippen molar-refractivity contribution in [3.8, 4) is 17.2 Å². The molecule has 1 N–H and O–H groups in total. The lowest BCUT2D eigenvalue weighted by Gasteiger charge is -2.13. The normalized spacial score (nSPS) is 11.5. The van der Waals surface area contributed by atoms with E-state index >= 15 is 0 Å². The molecule has 0 spiro atoms. The number of carbonyl (C=O) groups excluding carboxylic acids is 1. The van der Waals surface area contributed by atoms with Crippen LogP contribution in [0.3, 0.4) is 0 Å². The van der Waals surface area contributed by atoms with Crippen LogP contribution in [0.5, 0.6) is 17.2 Å². The minimum absolute atomic E-state index is 0.0905. The first kappa shape index (κ1) is 20.4. The van der Waals surface area contributed by atoms with E-state index in [9.17, 15) is 4.79 Å². The van der Waals surface area contributed by atoms with E-state index in [2.05, 4.69) is 31.2 Å². The van der Waals surface area contributed by atoms with Crippen LogP contribution >= 0.6 is 0 Å². The zero-order chi connectivity index (χ0) is 20.2. The Morgan fingerprint density at radius 2 is 1.67 bits per heavy atom. The van der Waals surface area contributed by atoms with E-state index < -0.39 is 0 Å². The molecule has 2 aromatic rings. The number of rotatable bonds is 6. The monoisotopic (exact) mass is 373 g/mol. The predicted octanol–water partition coefficient (Wildman–Crippen LogP) is 3.40. The van der Waals surface area contributed by atoms with Crippen LogP contribution in [-0.4, -0.2) is 37.0 Å². The van der Waals surface area contributed by atoms with Gasteiger partial charge in [-0.05, 0) is 23.8 Å². The third kappa shape index (κ3) is 4.81. The van der Waals surface area contributed by atoms with Crippen molar-refractivity contribution < 1.29 is 19.0 Å². The molecule has 7 nitrogen and oxygen atoms in total. The molecule has 0 atom stereocenters. The molecule has 1 aromatic carbocycles. The summed E-state index contributed by atoms with van der Waals surface area (Å²) in [5.74, 6) is 1.94. The topological polar surface area (TPSA) is 74.6 Å². The van der Waals surface area contributed by atoms with Crippen LogP contribution < -0.4 is 19.5 Å². The van der Waals surface area contributed by atoms with Gasteiger partial charge in [-0.3, -0.25) is 9.48 Å². The van der Waals surface area contributed by atoms with Crippen molar-refractivity contribution in [3.05, 3.63) is 35.5 Å². The molecule has 0 aliphatic heterocycles. The summed E-state index contributed by atoms with van der Waals surface area (Å²) in [5, 5.41) is 7.29. The number of hydrogen-bond donors (Lipinski definition) is 1. The quantitative estimate of drug-likeness (QED) is 0.786. The molecule has 0 radical (unpaired) electrons. The van der Waals surface area contributed by atoms with Crippen LogP contribution in [0, 0.1) is 0 Å². The van der Waals surface area contributed by atoms with Crippen LogP contribution in [0.2, 0.25) is 0 Å². The maximum atomic E-state index is 12.3. The van der Waals surface area contributed by atoms with Gasteiger partial charge >= 0.3 is 0 Å².